The van der Waals surface area contributed by atoms with E-state index in [-0.39, 0.29) is 12.1 Å². The number of hydrogen-bond acceptors (Lipinski definition) is 4. The molecule has 0 bridgehead atoms. The van der Waals surface area contributed by atoms with Crippen LogP contribution in [0.1, 0.15) is 16.7 Å². The number of amides is 4. The molecule has 8 heteroatoms. The first-order chi connectivity index (χ1) is 16.0. The molecule has 0 heterocycles. The Kier molecular flexibility index (Phi) is 8.13. The van der Waals surface area contributed by atoms with Crippen LogP contribution in [0.3, 0.4) is 0 Å². The zero-order valence-corrected chi connectivity index (χ0v) is 18.9. The van der Waals surface area contributed by atoms with Crippen molar-refractivity contribution in [2.45, 2.75) is 20.0 Å². The molecule has 0 aromatic heterocycles. The maximum absolute atomic E-state index is 12.4. The number of nitrogens with one attached hydrogen (secondary N) is 4. The van der Waals surface area contributed by atoms with Crippen molar-refractivity contribution in [3.8, 4) is 11.5 Å². The summed E-state index contributed by atoms with van der Waals surface area (Å²) in [7, 11) is 3.18. The van der Waals surface area contributed by atoms with E-state index in [1.165, 1.54) is 0 Å². The van der Waals surface area contributed by atoms with Crippen molar-refractivity contribution >= 4 is 23.4 Å². The SMILES string of the molecule is COc1ccccc1CNC(=O)Nc1ccc(C)c(NC(=O)NCc2ccccc2OC)c1. The number of urea groups is 2. The second-order valence-electron chi connectivity index (χ2n) is 7.27. The number of para-hydroxylation sites is 2. The minimum absolute atomic E-state index is 0.318. The number of ether oxygens (including phenoxy) is 2. The lowest BCUT2D eigenvalue weighted by Gasteiger charge is -2.14. The predicted molar refractivity (Wildman–Crippen MR) is 129 cm³/mol. The lowest BCUT2D eigenvalue weighted by Crippen LogP contribution is -2.29. The molecule has 3 aromatic carbocycles. The molecule has 33 heavy (non-hydrogen) atoms. The monoisotopic (exact) mass is 448 g/mol. The molecule has 0 unspecified atom stereocenters. The first-order valence-corrected chi connectivity index (χ1v) is 10.4. The van der Waals surface area contributed by atoms with E-state index in [1.54, 1.807) is 26.4 Å². The van der Waals surface area contributed by atoms with E-state index < -0.39 is 0 Å². The van der Waals surface area contributed by atoms with Crippen LogP contribution in [0.4, 0.5) is 21.0 Å². The number of aryl methyl sites for hydroxylation is 1. The van der Waals surface area contributed by atoms with Gasteiger partial charge in [0.1, 0.15) is 11.5 Å². The largest absolute Gasteiger partial charge is 0.496 e. The van der Waals surface area contributed by atoms with Gasteiger partial charge in [0.05, 0.1) is 14.2 Å². The van der Waals surface area contributed by atoms with Crippen molar-refractivity contribution in [2.75, 3.05) is 24.9 Å². The van der Waals surface area contributed by atoms with Gasteiger partial charge in [-0.3, -0.25) is 0 Å². The van der Waals surface area contributed by atoms with Gasteiger partial charge < -0.3 is 30.7 Å². The van der Waals surface area contributed by atoms with Crippen LogP contribution in [0.5, 0.6) is 11.5 Å². The van der Waals surface area contributed by atoms with Crippen molar-refractivity contribution in [3.05, 3.63) is 83.4 Å². The summed E-state index contributed by atoms with van der Waals surface area (Å²) >= 11 is 0. The second kappa shape index (κ2) is 11.4. The summed E-state index contributed by atoms with van der Waals surface area (Å²) in [6.07, 6.45) is 0. The first-order valence-electron chi connectivity index (χ1n) is 10.4. The number of rotatable bonds is 8. The van der Waals surface area contributed by atoms with Crippen LogP contribution in [0.25, 0.3) is 0 Å². The smallest absolute Gasteiger partial charge is 0.319 e. The summed E-state index contributed by atoms with van der Waals surface area (Å²) in [6, 6.07) is 19.5. The molecule has 3 rings (SSSR count). The Hall–Kier alpha value is -4.20. The van der Waals surface area contributed by atoms with Crippen molar-refractivity contribution in [1.82, 2.24) is 10.6 Å². The summed E-state index contributed by atoms with van der Waals surface area (Å²) in [6.45, 7) is 2.51. The summed E-state index contributed by atoms with van der Waals surface area (Å²) in [5.41, 5.74) is 3.75. The Balaban J connectivity index is 1.56. The minimum atomic E-state index is -0.365. The molecule has 0 aliphatic rings. The fourth-order valence-corrected chi connectivity index (χ4v) is 3.23. The molecule has 172 valence electrons. The highest BCUT2D eigenvalue weighted by Gasteiger charge is 2.10. The second-order valence-corrected chi connectivity index (χ2v) is 7.27. The zero-order chi connectivity index (χ0) is 23.6. The van der Waals surface area contributed by atoms with Gasteiger partial charge in [-0.15, -0.1) is 0 Å². The molecular formula is C25H28N4O4. The van der Waals surface area contributed by atoms with Gasteiger partial charge >= 0.3 is 12.1 Å². The fraction of sp³-hybridized carbons (Fsp3) is 0.200. The van der Waals surface area contributed by atoms with E-state index in [2.05, 4.69) is 21.3 Å². The van der Waals surface area contributed by atoms with E-state index in [0.29, 0.717) is 36.0 Å². The molecule has 0 aliphatic heterocycles. The molecule has 0 aliphatic carbocycles. The van der Waals surface area contributed by atoms with E-state index in [1.807, 2.05) is 61.5 Å². The van der Waals surface area contributed by atoms with Gasteiger partial charge in [-0.1, -0.05) is 42.5 Å². The Morgan fingerprint density at radius 1 is 0.727 bits per heavy atom. The van der Waals surface area contributed by atoms with Crippen LogP contribution >= 0.6 is 0 Å². The number of benzene rings is 3. The molecule has 0 saturated heterocycles. The van der Waals surface area contributed by atoms with E-state index in [4.69, 9.17) is 9.47 Å². The van der Waals surface area contributed by atoms with Gasteiger partial charge in [-0.2, -0.15) is 0 Å². The van der Waals surface area contributed by atoms with Gasteiger partial charge in [0, 0.05) is 35.6 Å². The standard InChI is InChI=1S/C25H28N4O4/c1-17-12-13-20(28-24(30)26-15-18-8-4-6-10-22(18)32-2)14-21(17)29-25(31)27-16-19-9-5-7-11-23(19)33-3/h4-14H,15-16H2,1-3H3,(H2,26,28,30)(H2,27,29,31). The molecule has 8 nitrogen and oxygen atoms in total. The molecule has 0 fully saturated rings. The fourth-order valence-electron chi connectivity index (χ4n) is 3.23. The Bertz CT molecular complexity index is 1120. The number of methoxy groups -OCH3 is 2. The van der Waals surface area contributed by atoms with Crippen molar-refractivity contribution in [1.29, 1.82) is 0 Å². The van der Waals surface area contributed by atoms with Gasteiger partial charge in [-0.25, -0.2) is 9.59 Å². The van der Waals surface area contributed by atoms with Gasteiger partial charge in [0.15, 0.2) is 0 Å². The summed E-state index contributed by atoms with van der Waals surface area (Å²) in [5, 5.41) is 11.2. The Morgan fingerprint density at radius 2 is 1.24 bits per heavy atom. The van der Waals surface area contributed by atoms with Gasteiger partial charge in [0.2, 0.25) is 0 Å². The first kappa shape index (κ1) is 23.5. The molecular weight excluding hydrogens is 420 g/mol. The summed E-state index contributed by atoms with van der Waals surface area (Å²) in [4.78, 5) is 24.8. The van der Waals surface area contributed by atoms with Crippen LogP contribution < -0.4 is 30.7 Å². The number of anilines is 2. The van der Waals surface area contributed by atoms with Crippen LogP contribution in [0.15, 0.2) is 66.7 Å². The average Bonchev–Trinajstić information content (AvgIpc) is 2.83. The maximum Gasteiger partial charge on any atom is 0.319 e. The molecule has 0 radical (unpaired) electrons. The van der Waals surface area contributed by atoms with Gasteiger partial charge in [0.25, 0.3) is 0 Å². The molecule has 0 atom stereocenters. The molecule has 3 aromatic rings. The average molecular weight is 449 g/mol. The van der Waals surface area contributed by atoms with Crippen LogP contribution in [-0.2, 0) is 13.1 Å². The Labute approximate surface area is 193 Å². The topological polar surface area (TPSA) is 101 Å². The van der Waals surface area contributed by atoms with Gasteiger partial charge in [-0.05, 0) is 36.8 Å². The Morgan fingerprint density at radius 3 is 1.79 bits per heavy atom. The van der Waals surface area contributed by atoms with E-state index >= 15 is 0 Å². The number of hydrogen-bond donors (Lipinski definition) is 4. The highest BCUT2D eigenvalue weighted by molar-refractivity contribution is 5.93. The van der Waals surface area contributed by atoms with E-state index in [9.17, 15) is 9.59 Å². The third-order valence-electron chi connectivity index (χ3n) is 5.01. The zero-order valence-electron chi connectivity index (χ0n) is 18.9. The summed E-state index contributed by atoms with van der Waals surface area (Å²) in [5.74, 6) is 1.41. The van der Waals surface area contributed by atoms with Crippen molar-refractivity contribution in [3.63, 3.8) is 0 Å². The molecule has 0 saturated carbocycles. The molecule has 4 amide bonds. The highest BCUT2D eigenvalue weighted by Crippen LogP contribution is 2.21. The van der Waals surface area contributed by atoms with Crippen molar-refractivity contribution < 1.29 is 19.1 Å². The van der Waals surface area contributed by atoms with E-state index in [0.717, 1.165) is 16.7 Å². The minimum Gasteiger partial charge on any atom is -0.496 e. The van der Waals surface area contributed by atoms with Crippen molar-refractivity contribution in [2.24, 2.45) is 0 Å². The highest BCUT2D eigenvalue weighted by atomic mass is 16.5. The number of carbonyl (C=O) groups excluding carboxylic acids is 2. The third-order valence-corrected chi connectivity index (χ3v) is 5.01. The lowest BCUT2D eigenvalue weighted by atomic mass is 10.2. The van der Waals surface area contributed by atoms with Crippen LogP contribution in [0, 0.1) is 6.92 Å². The molecule has 4 N–H and O–H groups in total. The predicted octanol–water partition coefficient (Wildman–Crippen LogP) is 4.66. The summed E-state index contributed by atoms with van der Waals surface area (Å²) < 4.78 is 10.6. The lowest BCUT2D eigenvalue weighted by molar-refractivity contribution is 0.251. The van der Waals surface area contributed by atoms with Crippen LogP contribution in [-0.4, -0.2) is 26.3 Å². The van der Waals surface area contributed by atoms with Crippen LogP contribution in [0.2, 0.25) is 0 Å². The quantitative estimate of drug-likeness (QED) is 0.403. The number of carbonyl (C=O) groups is 2. The normalized spacial score (nSPS) is 10.2. The third kappa shape index (κ3) is 6.64. The molecule has 0 spiro atoms. The maximum atomic E-state index is 12.4.